The fraction of sp³-hybridized carbons (Fsp3) is 0.294. The Morgan fingerprint density at radius 2 is 1.11 bits per heavy atom. The van der Waals surface area contributed by atoms with Gasteiger partial charge >= 0.3 is 0 Å². The van der Waals surface area contributed by atoms with Crippen LogP contribution in [0.1, 0.15) is 24.0 Å². The van der Waals surface area contributed by atoms with E-state index in [4.69, 9.17) is 10.2 Å². The van der Waals surface area contributed by atoms with Crippen molar-refractivity contribution in [1.29, 1.82) is 0 Å². The lowest BCUT2D eigenvalue weighted by atomic mass is 10.1. The van der Waals surface area contributed by atoms with Crippen LogP contribution in [-0.4, -0.2) is 23.4 Å². The van der Waals surface area contributed by atoms with Gasteiger partial charge in [0.05, 0.1) is 0 Å². The summed E-state index contributed by atoms with van der Waals surface area (Å²) in [6, 6.07) is 17.3. The van der Waals surface area contributed by atoms with Gasteiger partial charge in [-0.2, -0.15) is 0 Å². The van der Waals surface area contributed by atoms with Gasteiger partial charge in [-0.1, -0.05) is 48.5 Å². The zero-order valence-corrected chi connectivity index (χ0v) is 11.0. The van der Waals surface area contributed by atoms with E-state index in [-0.39, 0.29) is 13.2 Å². The Hall–Kier alpha value is -1.64. The molecule has 2 aromatic rings. The zero-order valence-electron chi connectivity index (χ0n) is 11.0. The minimum Gasteiger partial charge on any atom is -0.396 e. The highest BCUT2D eigenvalue weighted by Crippen LogP contribution is 2.35. The average molecular weight is 256 g/mol. The molecule has 0 saturated carbocycles. The van der Waals surface area contributed by atoms with Gasteiger partial charge in [0.1, 0.15) is 0 Å². The van der Waals surface area contributed by atoms with E-state index in [0.717, 1.165) is 19.3 Å². The van der Waals surface area contributed by atoms with Gasteiger partial charge in [0.25, 0.3) is 0 Å². The number of unbranched alkanes of at least 4 members (excludes halogenated alkanes) is 1. The number of rotatable bonds is 3. The first-order valence-electron chi connectivity index (χ1n) is 6.74. The molecule has 2 nitrogen and oxygen atoms in total. The highest BCUT2D eigenvalue weighted by atomic mass is 16.3. The number of hydrogen-bond donors (Lipinski definition) is 2. The van der Waals surface area contributed by atoms with Crippen LogP contribution in [0.25, 0.3) is 11.1 Å². The second-order valence-electron chi connectivity index (χ2n) is 4.65. The Kier molecular flexibility index (Phi) is 5.13. The summed E-state index contributed by atoms with van der Waals surface area (Å²) in [7, 11) is 0. The predicted molar refractivity (Wildman–Crippen MR) is 78.1 cm³/mol. The summed E-state index contributed by atoms with van der Waals surface area (Å²) in [6.45, 7) is 0.390. The Morgan fingerprint density at radius 3 is 1.53 bits per heavy atom. The molecule has 1 aliphatic rings. The van der Waals surface area contributed by atoms with Crippen LogP contribution in [0.4, 0.5) is 0 Å². The van der Waals surface area contributed by atoms with Gasteiger partial charge < -0.3 is 10.2 Å². The molecule has 0 fully saturated rings. The van der Waals surface area contributed by atoms with Crippen molar-refractivity contribution in [2.24, 2.45) is 0 Å². The minimum absolute atomic E-state index is 0.195. The molecule has 2 aromatic carbocycles. The first kappa shape index (κ1) is 13.8. The van der Waals surface area contributed by atoms with Crippen LogP contribution in [0.5, 0.6) is 0 Å². The number of benzene rings is 2. The Bertz CT molecular complexity index is 473. The van der Waals surface area contributed by atoms with E-state index in [1.165, 1.54) is 22.3 Å². The zero-order chi connectivity index (χ0) is 13.5. The fourth-order valence-corrected chi connectivity index (χ4v) is 2.30. The van der Waals surface area contributed by atoms with Crippen LogP contribution < -0.4 is 0 Å². The predicted octanol–water partition coefficient (Wildman–Crippen LogP) is 3.01. The number of fused-ring (bicyclic) bond motifs is 3. The van der Waals surface area contributed by atoms with E-state index in [1.807, 2.05) is 0 Å². The molecule has 0 bridgehead atoms. The van der Waals surface area contributed by atoms with E-state index < -0.39 is 0 Å². The lowest BCUT2D eigenvalue weighted by Crippen LogP contribution is -1.85. The summed E-state index contributed by atoms with van der Waals surface area (Å²) in [4.78, 5) is 0. The molecule has 19 heavy (non-hydrogen) atoms. The van der Waals surface area contributed by atoms with Crippen molar-refractivity contribution < 1.29 is 10.2 Å². The van der Waals surface area contributed by atoms with Crippen LogP contribution in [0.15, 0.2) is 48.5 Å². The third kappa shape index (κ3) is 3.43. The Morgan fingerprint density at radius 1 is 0.684 bits per heavy atom. The second kappa shape index (κ2) is 7.07. The molecule has 3 rings (SSSR count). The highest BCUT2D eigenvalue weighted by molar-refractivity contribution is 5.76. The molecule has 100 valence electrons. The van der Waals surface area contributed by atoms with Gasteiger partial charge in [0.2, 0.25) is 0 Å². The summed E-state index contributed by atoms with van der Waals surface area (Å²) in [5.41, 5.74) is 5.75. The SMILES string of the molecule is OCCCCO.c1ccc2c(c1)Cc1ccccc1-2. The molecule has 2 N–H and O–H groups in total. The summed E-state index contributed by atoms with van der Waals surface area (Å²) in [5.74, 6) is 0. The largest absolute Gasteiger partial charge is 0.396 e. The maximum atomic E-state index is 8.09. The molecule has 0 amide bonds. The summed E-state index contributed by atoms with van der Waals surface area (Å²) < 4.78 is 0. The molecule has 2 heteroatoms. The van der Waals surface area contributed by atoms with Crippen molar-refractivity contribution >= 4 is 0 Å². The lowest BCUT2D eigenvalue weighted by molar-refractivity contribution is 0.242. The van der Waals surface area contributed by atoms with Crippen LogP contribution >= 0.6 is 0 Å². The van der Waals surface area contributed by atoms with Crippen molar-refractivity contribution in [3.05, 3.63) is 59.7 Å². The van der Waals surface area contributed by atoms with E-state index in [9.17, 15) is 0 Å². The third-order valence-electron chi connectivity index (χ3n) is 3.27. The maximum absolute atomic E-state index is 8.09. The number of hydrogen-bond acceptors (Lipinski definition) is 2. The van der Waals surface area contributed by atoms with Crippen LogP contribution in [-0.2, 0) is 6.42 Å². The molecule has 0 saturated heterocycles. The van der Waals surface area contributed by atoms with Gasteiger partial charge in [-0.25, -0.2) is 0 Å². The first-order chi connectivity index (χ1) is 9.36. The topological polar surface area (TPSA) is 40.5 Å². The van der Waals surface area contributed by atoms with Crippen LogP contribution in [0, 0.1) is 0 Å². The molecule has 0 heterocycles. The van der Waals surface area contributed by atoms with Gasteiger partial charge in [0.15, 0.2) is 0 Å². The minimum atomic E-state index is 0.195. The van der Waals surface area contributed by atoms with Gasteiger partial charge in [-0.15, -0.1) is 0 Å². The van der Waals surface area contributed by atoms with E-state index >= 15 is 0 Å². The molecule has 0 unspecified atom stereocenters. The smallest absolute Gasteiger partial charge is 0.0431 e. The van der Waals surface area contributed by atoms with Gasteiger partial charge in [0, 0.05) is 13.2 Å². The molecule has 0 spiro atoms. The molecule has 0 atom stereocenters. The van der Waals surface area contributed by atoms with Crippen molar-refractivity contribution in [2.45, 2.75) is 19.3 Å². The monoisotopic (exact) mass is 256 g/mol. The molecular weight excluding hydrogens is 236 g/mol. The summed E-state index contributed by atoms with van der Waals surface area (Å²) in [6.07, 6.45) is 2.54. The lowest BCUT2D eigenvalue weighted by Gasteiger charge is -1.98. The van der Waals surface area contributed by atoms with Gasteiger partial charge in [-0.3, -0.25) is 0 Å². The number of aliphatic hydroxyl groups excluding tert-OH is 2. The van der Waals surface area contributed by atoms with Crippen molar-refractivity contribution in [3.63, 3.8) is 0 Å². The standard InChI is InChI=1S/C13H10.C4H10O2/c1-3-7-12-10(5-1)9-11-6-2-4-8-13(11)12;5-3-1-2-4-6/h1-8H,9H2;5-6H,1-4H2. The Labute approximate surface area is 114 Å². The average Bonchev–Trinajstić information content (AvgIpc) is 2.84. The molecule has 0 radical (unpaired) electrons. The van der Waals surface area contributed by atoms with Crippen molar-refractivity contribution in [2.75, 3.05) is 13.2 Å². The summed E-state index contributed by atoms with van der Waals surface area (Å²) >= 11 is 0. The van der Waals surface area contributed by atoms with E-state index in [1.54, 1.807) is 0 Å². The highest BCUT2D eigenvalue weighted by Gasteiger charge is 2.15. The first-order valence-corrected chi connectivity index (χ1v) is 6.74. The third-order valence-corrected chi connectivity index (χ3v) is 3.27. The van der Waals surface area contributed by atoms with E-state index in [0.29, 0.717) is 0 Å². The summed E-state index contributed by atoms with van der Waals surface area (Å²) in [5, 5.41) is 16.2. The van der Waals surface area contributed by atoms with E-state index in [2.05, 4.69) is 48.5 Å². The molecular formula is C17H20O2. The van der Waals surface area contributed by atoms with Crippen molar-refractivity contribution in [3.8, 4) is 11.1 Å². The Balaban J connectivity index is 0.000000192. The van der Waals surface area contributed by atoms with Crippen molar-refractivity contribution in [1.82, 2.24) is 0 Å². The number of aliphatic hydroxyl groups is 2. The van der Waals surface area contributed by atoms with Crippen LogP contribution in [0.2, 0.25) is 0 Å². The maximum Gasteiger partial charge on any atom is 0.0431 e. The normalized spacial score (nSPS) is 11.3. The van der Waals surface area contributed by atoms with Gasteiger partial charge in [-0.05, 0) is 41.5 Å². The molecule has 0 aliphatic heterocycles. The molecule has 1 aliphatic carbocycles. The fourth-order valence-electron chi connectivity index (χ4n) is 2.30. The molecule has 0 aromatic heterocycles. The van der Waals surface area contributed by atoms with Crippen LogP contribution in [0.3, 0.4) is 0 Å². The quantitative estimate of drug-likeness (QED) is 0.707. The second-order valence-corrected chi connectivity index (χ2v) is 4.65.